The van der Waals surface area contributed by atoms with Crippen LogP contribution in [-0.2, 0) is 4.79 Å². The molecule has 1 aromatic heterocycles. The summed E-state index contributed by atoms with van der Waals surface area (Å²) in [6, 6.07) is 12.0. The van der Waals surface area contributed by atoms with Crippen LogP contribution in [0, 0.1) is 6.92 Å². The highest BCUT2D eigenvalue weighted by Crippen LogP contribution is 2.32. The molecule has 1 aliphatic heterocycles. The summed E-state index contributed by atoms with van der Waals surface area (Å²) in [5.74, 6) is 0.329. The maximum absolute atomic E-state index is 12.4. The number of hydrogen-bond acceptors (Lipinski definition) is 7. The summed E-state index contributed by atoms with van der Waals surface area (Å²) in [6.45, 7) is 3.73. The minimum Gasteiger partial charge on any atom is -0.454 e. The zero-order valence-corrected chi connectivity index (χ0v) is 16.6. The number of anilines is 1. The second-order valence-corrected chi connectivity index (χ2v) is 7.51. The molecule has 9 heteroatoms. The van der Waals surface area contributed by atoms with Crippen molar-refractivity contribution in [2.75, 3.05) is 12.1 Å². The number of aryl methyl sites for hydroxylation is 1. The first-order valence-corrected chi connectivity index (χ1v) is 9.73. The molecule has 0 saturated heterocycles. The van der Waals surface area contributed by atoms with E-state index in [9.17, 15) is 9.59 Å². The Hall–Kier alpha value is -3.46. The first-order chi connectivity index (χ1) is 14.0. The monoisotopic (exact) mass is 410 g/mol. The highest BCUT2D eigenvalue weighted by molar-refractivity contribution is 7.18. The van der Waals surface area contributed by atoms with E-state index in [0.717, 1.165) is 11.1 Å². The van der Waals surface area contributed by atoms with Crippen molar-refractivity contribution < 1.29 is 19.1 Å². The Morgan fingerprint density at radius 1 is 1.10 bits per heavy atom. The van der Waals surface area contributed by atoms with Gasteiger partial charge in [0.2, 0.25) is 17.8 Å². The SMILES string of the molecule is Cc1cccc(-c2nnc(NC(=O)C(C)NC(=O)c3ccc4c(c3)OCO4)s2)c1. The molecule has 0 spiro atoms. The Labute approximate surface area is 170 Å². The van der Waals surface area contributed by atoms with Crippen molar-refractivity contribution in [1.29, 1.82) is 0 Å². The molecule has 0 saturated carbocycles. The minimum absolute atomic E-state index is 0.131. The van der Waals surface area contributed by atoms with Crippen molar-refractivity contribution in [3.8, 4) is 22.1 Å². The lowest BCUT2D eigenvalue weighted by Gasteiger charge is -2.13. The maximum atomic E-state index is 12.4. The van der Waals surface area contributed by atoms with Gasteiger partial charge >= 0.3 is 0 Å². The molecular formula is C20H18N4O4S. The zero-order chi connectivity index (χ0) is 20.4. The summed E-state index contributed by atoms with van der Waals surface area (Å²) in [7, 11) is 0. The fourth-order valence-electron chi connectivity index (χ4n) is 2.77. The van der Waals surface area contributed by atoms with Crippen LogP contribution in [0.15, 0.2) is 42.5 Å². The van der Waals surface area contributed by atoms with Gasteiger partial charge in [-0.05, 0) is 38.1 Å². The highest BCUT2D eigenvalue weighted by atomic mass is 32.1. The molecule has 1 unspecified atom stereocenters. The Morgan fingerprint density at radius 3 is 2.76 bits per heavy atom. The van der Waals surface area contributed by atoms with Crippen LogP contribution in [0.5, 0.6) is 11.5 Å². The smallest absolute Gasteiger partial charge is 0.252 e. The fourth-order valence-corrected chi connectivity index (χ4v) is 3.51. The van der Waals surface area contributed by atoms with Gasteiger partial charge in [-0.2, -0.15) is 0 Å². The van der Waals surface area contributed by atoms with Gasteiger partial charge in [0.1, 0.15) is 11.0 Å². The number of rotatable bonds is 5. The van der Waals surface area contributed by atoms with Crippen molar-refractivity contribution in [2.24, 2.45) is 0 Å². The standard InChI is InChI=1S/C20H18N4O4S/c1-11-4-3-5-14(8-11)19-23-24-20(29-19)22-17(25)12(2)21-18(26)13-6-7-15-16(9-13)28-10-27-15/h3-9,12H,10H2,1-2H3,(H,21,26)(H,22,24,25). The van der Waals surface area contributed by atoms with E-state index < -0.39 is 6.04 Å². The second-order valence-electron chi connectivity index (χ2n) is 6.53. The van der Waals surface area contributed by atoms with Crippen LogP contribution in [-0.4, -0.2) is 34.8 Å². The van der Waals surface area contributed by atoms with Crippen LogP contribution in [0.4, 0.5) is 5.13 Å². The first-order valence-electron chi connectivity index (χ1n) is 8.91. The molecule has 0 aliphatic carbocycles. The van der Waals surface area contributed by atoms with Gasteiger partial charge in [0.25, 0.3) is 5.91 Å². The molecule has 1 atom stereocenters. The van der Waals surface area contributed by atoms with Crippen LogP contribution < -0.4 is 20.1 Å². The number of hydrogen-bond donors (Lipinski definition) is 2. The summed E-state index contributed by atoms with van der Waals surface area (Å²) in [5, 5.41) is 14.6. The third-order valence-electron chi connectivity index (χ3n) is 4.30. The van der Waals surface area contributed by atoms with Crippen LogP contribution in [0.3, 0.4) is 0 Å². The van der Waals surface area contributed by atoms with Gasteiger partial charge in [-0.1, -0.05) is 35.1 Å². The Kier molecular flexibility index (Phi) is 5.13. The van der Waals surface area contributed by atoms with E-state index in [-0.39, 0.29) is 18.6 Å². The van der Waals surface area contributed by atoms with Gasteiger partial charge in [-0.3, -0.25) is 14.9 Å². The van der Waals surface area contributed by atoms with Gasteiger partial charge < -0.3 is 14.8 Å². The molecule has 8 nitrogen and oxygen atoms in total. The predicted octanol–water partition coefficient (Wildman–Crippen LogP) is 3.00. The van der Waals surface area contributed by atoms with E-state index in [1.54, 1.807) is 25.1 Å². The Balaban J connectivity index is 1.38. The van der Waals surface area contributed by atoms with Crippen LogP contribution in [0.1, 0.15) is 22.8 Å². The number of ether oxygens (including phenoxy) is 2. The van der Waals surface area contributed by atoms with Crippen molar-refractivity contribution in [3.63, 3.8) is 0 Å². The van der Waals surface area contributed by atoms with Gasteiger partial charge in [0.15, 0.2) is 11.5 Å². The Bertz CT molecular complexity index is 1080. The van der Waals surface area contributed by atoms with Gasteiger partial charge in [-0.25, -0.2) is 0 Å². The molecule has 2 N–H and O–H groups in total. The van der Waals surface area contributed by atoms with E-state index in [2.05, 4.69) is 20.8 Å². The minimum atomic E-state index is -0.765. The van der Waals surface area contributed by atoms with E-state index in [4.69, 9.17) is 9.47 Å². The molecule has 0 bridgehead atoms. The summed E-state index contributed by atoms with van der Waals surface area (Å²) in [6.07, 6.45) is 0. The topological polar surface area (TPSA) is 102 Å². The van der Waals surface area contributed by atoms with Crippen molar-refractivity contribution >= 4 is 28.3 Å². The zero-order valence-electron chi connectivity index (χ0n) is 15.8. The number of nitrogens with one attached hydrogen (secondary N) is 2. The molecule has 4 rings (SSSR count). The Morgan fingerprint density at radius 2 is 1.93 bits per heavy atom. The van der Waals surface area contributed by atoms with Crippen molar-refractivity contribution in [1.82, 2.24) is 15.5 Å². The van der Waals surface area contributed by atoms with Gasteiger partial charge in [0, 0.05) is 11.1 Å². The maximum Gasteiger partial charge on any atom is 0.252 e. The summed E-state index contributed by atoms with van der Waals surface area (Å²) in [5.41, 5.74) is 2.43. The predicted molar refractivity (Wildman–Crippen MR) is 108 cm³/mol. The number of nitrogens with zero attached hydrogens (tertiary/aromatic N) is 2. The molecule has 3 aromatic rings. The van der Waals surface area contributed by atoms with Crippen molar-refractivity contribution in [3.05, 3.63) is 53.6 Å². The summed E-state index contributed by atoms with van der Waals surface area (Å²) >= 11 is 1.27. The van der Waals surface area contributed by atoms with E-state index in [1.165, 1.54) is 11.3 Å². The number of fused-ring (bicyclic) bond motifs is 1. The molecular weight excluding hydrogens is 392 g/mol. The molecule has 0 radical (unpaired) electrons. The average Bonchev–Trinajstić information content (AvgIpc) is 3.36. The average molecular weight is 410 g/mol. The van der Waals surface area contributed by atoms with E-state index in [1.807, 2.05) is 31.2 Å². The second kappa shape index (κ2) is 7.88. The molecule has 2 aromatic carbocycles. The third kappa shape index (κ3) is 4.19. The molecule has 148 valence electrons. The quantitative estimate of drug-likeness (QED) is 0.670. The molecule has 0 fully saturated rings. The first kappa shape index (κ1) is 18.9. The van der Waals surface area contributed by atoms with Crippen molar-refractivity contribution in [2.45, 2.75) is 19.9 Å². The number of carbonyl (C=O) groups excluding carboxylic acids is 2. The number of aromatic nitrogens is 2. The van der Waals surface area contributed by atoms with E-state index >= 15 is 0 Å². The molecule has 2 heterocycles. The largest absolute Gasteiger partial charge is 0.454 e. The lowest BCUT2D eigenvalue weighted by atomic mass is 10.1. The van der Waals surface area contributed by atoms with E-state index in [0.29, 0.717) is 27.2 Å². The lowest BCUT2D eigenvalue weighted by molar-refractivity contribution is -0.117. The van der Waals surface area contributed by atoms with Crippen LogP contribution in [0.2, 0.25) is 0 Å². The number of amides is 2. The normalized spacial score (nSPS) is 13.0. The molecule has 29 heavy (non-hydrogen) atoms. The summed E-state index contributed by atoms with van der Waals surface area (Å²) in [4.78, 5) is 24.9. The number of carbonyl (C=O) groups is 2. The lowest BCUT2D eigenvalue weighted by Crippen LogP contribution is -2.41. The van der Waals surface area contributed by atoms with Crippen LogP contribution in [0.25, 0.3) is 10.6 Å². The fraction of sp³-hybridized carbons (Fsp3) is 0.200. The highest BCUT2D eigenvalue weighted by Gasteiger charge is 2.21. The van der Waals surface area contributed by atoms with Gasteiger partial charge in [0.05, 0.1) is 0 Å². The summed E-state index contributed by atoms with van der Waals surface area (Å²) < 4.78 is 10.5. The molecule has 1 aliphatic rings. The van der Waals surface area contributed by atoms with Gasteiger partial charge in [-0.15, -0.1) is 10.2 Å². The third-order valence-corrected chi connectivity index (χ3v) is 5.18. The molecule has 2 amide bonds. The number of benzene rings is 2. The van der Waals surface area contributed by atoms with Crippen LogP contribution >= 0.6 is 11.3 Å².